The molecule has 3 N–H and O–H groups in total. The average molecular weight is 536 g/mol. The van der Waals surface area contributed by atoms with E-state index in [1.807, 2.05) is 64.1 Å². The quantitative estimate of drug-likeness (QED) is 0.281. The van der Waals surface area contributed by atoms with Crippen LogP contribution in [0.5, 0.6) is 0 Å². The van der Waals surface area contributed by atoms with Gasteiger partial charge in [0.25, 0.3) is 0 Å². The molecule has 208 valence electrons. The van der Waals surface area contributed by atoms with Crippen LogP contribution in [0, 0.1) is 6.92 Å². The third kappa shape index (κ3) is 7.05. The number of hydrogen-bond donors (Lipinski definition) is 3. The number of anilines is 2. The maximum absolute atomic E-state index is 12.8. The van der Waals surface area contributed by atoms with Gasteiger partial charge in [0.1, 0.15) is 11.4 Å². The number of likely N-dealkylation sites (tertiary alicyclic amines) is 1. The Morgan fingerprint density at radius 2 is 1.95 bits per heavy atom. The minimum atomic E-state index is -1.03. The lowest BCUT2D eigenvalue weighted by atomic mass is 10.1. The third-order valence-electron chi connectivity index (χ3n) is 6.53. The maximum Gasteiger partial charge on any atom is 0.410 e. The molecule has 0 bridgehead atoms. The second-order valence-electron chi connectivity index (χ2n) is 10.7. The second kappa shape index (κ2) is 11.7. The number of ether oxygens (including phenoxy) is 1. The van der Waals surface area contributed by atoms with E-state index in [1.54, 1.807) is 24.3 Å². The number of nitrogens with one attached hydrogen (secondary N) is 2. The van der Waals surface area contributed by atoms with Crippen LogP contribution < -0.4 is 10.7 Å². The summed E-state index contributed by atoms with van der Waals surface area (Å²) in [5.41, 5.74) is 6.25. The van der Waals surface area contributed by atoms with E-state index in [1.165, 1.54) is 4.68 Å². The van der Waals surface area contributed by atoms with Crippen LogP contribution in [0.1, 0.15) is 49.7 Å². The molecule has 1 aliphatic heterocycles. The summed E-state index contributed by atoms with van der Waals surface area (Å²) in [5, 5.41) is 19.2. The summed E-state index contributed by atoms with van der Waals surface area (Å²) in [6.07, 6.45) is 4.74. The number of aromatic carboxylic acids is 1. The van der Waals surface area contributed by atoms with Crippen LogP contribution in [0.4, 0.5) is 16.3 Å². The molecule has 1 atom stereocenters. The Kier molecular flexibility index (Phi) is 8.39. The van der Waals surface area contributed by atoms with Crippen LogP contribution in [0.25, 0.3) is 11.1 Å². The molecule has 0 radical (unpaired) electrons. The normalized spacial score (nSPS) is 15.7. The summed E-state index contributed by atoms with van der Waals surface area (Å²) >= 11 is 0. The monoisotopic (exact) mass is 535 g/mol. The van der Waals surface area contributed by atoms with Gasteiger partial charge in [0.05, 0.1) is 12.9 Å². The summed E-state index contributed by atoms with van der Waals surface area (Å²) in [5.74, 6) is -0.238. The average Bonchev–Trinajstić information content (AvgIpc) is 3.28. The Balaban J connectivity index is 1.53. The first-order valence-corrected chi connectivity index (χ1v) is 13.0. The number of nitrogens with zero attached hydrogens (tertiary/aromatic N) is 5. The first-order chi connectivity index (χ1) is 18.5. The molecular formula is C28H37N7O4. The fraction of sp³-hybridized carbons (Fsp3) is 0.429. The Labute approximate surface area is 228 Å². The van der Waals surface area contributed by atoms with Crippen molar-refractivity contribution in [1.29, 1.82) is 0 Å². The number of benzene rings is 1. The van der Waals surface area contributed by atoms with Crippen molar-refractivity contribution in [3.8, 4) is 11.1 Å². The number of piperidine rings is 1. The van der Waals surface area contributed by atoms with Gasteiger partial charge in [-0.2, -0.15) is 10.1 Å². The molecule has 1 amide bonds. The molecule has 11 nitrogen and oxygen atoms in total. The highest BCUT2D eigenvalue weighted by atomic mass is 16.6. The van der Waals surface area contributed by atoms with Crippen molar-refractivity contribution in [2.45, 2.75) is 52.2 Å². The van der Waals surface area contributed by atoms with E-state index in [2.05, 4.69) is 25.8 Å². The lowest BCUT2D eigenvalue weighted by Crippen LogP contribution is -2.53. The van der Waals surface area contributed by atoms with Crippen molar-refractivity contribution in [1.82, 2.24) is 24.7 Å². The number of hydrogen-bond acceptors (Lipinski definition) is 8. The Bertz CT molecular complexity index is 1300. The van der Waals surface area contributed by atoms with Gasteiger partial charge in [-0.05, 0) is 69.9 Å². The van der Waals surface area contributed by atoms with E-state index in [0.717, 1.165) is 35.5 Å². The van der Waals surface area contributed by atoms with Gasteiger partial charge >= 0.3 is 12.1 Å². The van der Waals surface area contributed by atoms with Crippen molar-refractivity contribution < 1.29 is 19.4 Å². The molecule has 3 heterocycles. The Hall–Kier alpha value is -4.12. The summed E-state index contributed by atoms with van der Waals surface area (Å²) in [6.45, 7) is 9.21. The lowest BCUT2D eigenvalue weighted by Gasteiger charge is -2.40. The molecule has 1 fully saturated rings. The van der Waals surface area contributed by atoms with Gasteiger partial charge in [-0.15, -0.1) is 0 Å². The predicted molar refractivity (Wildman–Crippen MR) is 149 cm³/mol. The smallest absolute Gasteiger partial charge is 0.410 e. The van der Waals surface area contributed by atoms with Gasteiger partial charge in [-0.3, -0.25) is 4.68 Å². The van der Waals surface area contributed by atoms with Crippen LogP contribution in [0.15, 0.2) is 48.8 Å². The van der Waals surface area contributed by atoms with Crippen LogP contribution >= 0.6 is 0 Å². The Morgan fingerprint density at radius 1 is 1.21 bits per heavy atom. The van der Waals surface area contributed by atoms with E-state index < -0.39 is 11.6 Å². The molecule has 39 heavy (non-hydrogen) atoms. The summed E-state index contributed by atoms with van der Waals surface area (Å²) in [7, 11) is 1.61. The summed E-state index contributed by atoms with van der Waals surface area (Å²) in [6, 6.07) is 11.5. The molecule has 0 saturated carbocycles. The number of carboxylic acid groups (broad SMARTS) is 1. The first kappa shape index (κ1) is 27.9. The molecule has 1 aromatic carbocycles. The predicted octanol–water partition coefficient (Wildman–Crippen LogP) is 4.59. The molecule has 2 aromatic heterocycles. The first-order valence-electron chi connectivity index (χ1n) is 13.0. The molecular weight excluding hydrogens is 498 g/mol. The second-order valence-corrected chi connectivity index (χ2v) is 10.7. The zero-order valence-corrected chi connectivity index (χ0v) is 23.1. The van der Waals surface area contributed by atoms with Crippen LogP contribution in [-0.4, -0.2) is 73.2 Å². The molecule has 1 saturated heterocycles. The molecule has 3 aromatic rings. The fourth-order valence-electron chi connectivity index (χ4n) is 4.58. The number of pyridine rings is 1. The number of carbonyl (C=O) groups excluding carboxylic acids is 1. The van der Waals surface area contributed by atoms with Gasteiger partial charge < -0.3 is 25.5 Å². The van der Waals surface area contributed by atoms with Gasteiger partial charge in [0.2, 0.25) is 0 Å². The maximum atomic E-state index is 12.8. The van der Waals surface area contributed by atoms with E-state index in [-0.39, 0.29) is 17.8 Å². The number of carbonyl (C=O) groups is 2. The number of hydrazine groups is 1. The third-order valence-corrected chi connectivity index (χ3v) is 6.53. The van der Waals surface area contributed by atoms with Gasteiger partial charge in [0.15, 0.2) is 5.69 Å². The molecule has 0 spiro atoms. The van der Waals surface area contributed by atoms with Gasteiger partial charge in [0, 0.05) is 43.6 Å². The number of amides is 1. The number of aryl methyl sites for hydroxylation is 2. The molecule has 0 unspecified atom stereocenters. The summed E-state index contributed by atoms with van der Waals surface area (Å²) in [4.78, 5) is 30.7. The zero-order chi connectivity index (χ0) is 28.2. The van der Waals surface area contributed by atoms with Crippen molar-refractivity contribution in [3.05, 3.63) is 60.0 Å². The fourth-order valence-corrected chi connectivity index (χ4v) is 4.58. The molecule has 1 aliphatic rings. The minimum Gasteiger partial charge on any atom is -0.477 e. The topological polar surface area (TPSA) is 125 Å². The van der Waals surface area contributed by atoms with Gasteiger partial charge in [-0.1, -0.05) is 18.2 Å². The van der Waals surface area contributed by atoms with Crippen molar-refractivity contribution in [2.24, 2.45) is 7.05 Å². The zero-order valence-electron chi connectivity index (χ0n) is 23.1. The van der Waals surface area contributed by atoms with Crippen LogP contribution in [0.2, 0.25) is 0 Å². The van der Waals surface area contributed by atoms with E-state index in [9.17, 15) is 14.7 Å². The van der Waals surface area contributed by atoms with Gasteiger partial charge in [-0.25, -0.2) is 14.6 Å². The van der Waals surface area contributed by atoms with Crippen LogP contribution in [-0.2, 0) is 11.8 Å². The SMILES string of the molecule is Cc1cccnc1NCN(Nc1ccc(-c2cnn(C)c2C(=O)O)cc1)[C@@H]1CCCN(C(=O)OC(C)(C)C)C1. The minimum absolute atomic E-state index is 0.0133. The Morgan fingerprint density at radius 3 is 2.62 bits per heavy atom. The number of aromatic nitrogens is 3. The lowest BCUT2D eigenvalue weighted by molar-refractivity contribution is 0.0129. The molecule has 0 aliphatic carbocycles. The standard InChI is InChI=1S/C28H37N7O4/c1-19-8-6-14-29-25(19)30-18-35(22-9-7-15-34(17-22)27(38)39-28(2,3)4)32-21-12-10-20(11-13-21)23-16-31-33(5)24(23)26(36)37/h6,8,10-14,16,22,32H,7,9,15,17-18H2,1-5H3,(H,29,30)(H,36,37)/t22-/m1/s1. The highest BCUT2D eigenvalue weighted by Gasteiger charge is 2.31. The van der Waals surface area contributed by atoms with E-state index in [4.69, 9.17) is 4.74 Å². The van der Waals surface area contributed by atoms with E-state index in [0.29, 0.717) is 25.3 Å². The van der Waals surface area contributed by atoms with Crippen LogP contribution in [0.3, 0.4) is 0 Å². The molecule has 11 heteroatoms. The van der Waals surface area contributed by atoms with E-state index >= 15 is 0 Å². The molecule has 4 rings (SSSR count). The number of carboxylic acids is 1. The van der Waals surface area contributed by atoms with Crippen molar-refractivity contribution >= 4 is 23.6 Å². The largest absolute Gasteiger partial charge is 0.477 e. The summed E-state index contributed by atoms with van der Waals surface area (Å²) < 4.78 is 6.98. The number of rotatable bonds is 8. The highest BCUT2D eigenvalue weighted by Crippen LogP contribution is 2.26. The van der Waals surface area contributed by atoms with Crippen molar-refractivity contribution in [2.75, 3.05) is 30.5 Å². The highest BCUT2D eigenvalue weighted by molar-refractivity contribution is 5.94. The van der Waals surface area contributed by atoms with Crippen molar-refractivity contribution in [3.63, 3.8) is 0 Å².